The molecule has 4 aromatic rings. The van der Waals surface area contributed by atoms with Crippen molar-refractivity contribution in [1.29, 1.82) is 0 Å². The minimum absolute atomic E-state index is 0.209. The summed E-state index contributed by atoms with van der Waals surface area (Å²) in [4.78, 5) is 20.7. The van der Waals surface area contributed by atoms with Crippen LogP contribution in [0, 0.1) is 0 Å². The molecule has 4 rings (SSSR count). The number of hydrogen-bond donors (Lipinski definition) is 3. The number of pyridine rings is 2. The topological polar surface area (TPSA) is 105 Å². The molecule has 0 aliphatic carbocycles. The maximum absolute atomic E-state index is 12.3. The first kappa shape index (κ1) is 18.3. The molecular weight excluding hydrogens is 366 g/mol. The molecule has 1 aromatic carbocycles. The van der Waals surface area contributed by atoms with Gasteiger partial charge in [0.25, 0.3) is 5.91 Å². The SMILES string of the molecule is O=C(NCCNc1ccc(Nc2cccnc2)nn1)c1ccc2ccccc2n1. The molecule has 29 heavy (non-hydrogen) atoms. The van der Waals surface area contributed by atoms with E-state index in [1.165, 1.54) is 0 Å². The third-order valence-electron chi connectivity index (χ3n) is 4.15. The average Bonchev–Trinajstić information content (AvgIpc) is 2.78. The molecule has 0 fully saturated rings. The van der Waals surface area contributed by atoms with Crippen molar-refractivity contribution in [2.24, 2.45) is 0 Å². The van der Waals surface area contributed by atoms with Gasteiger partial charge in [0.05, 0.1) is 17.4 Å². The van der Waals surface area contributed by atoms with Gasteiger partial charge in [-0.05, 0) is 36.4 Å². The van der Waals surface area contributed by atoms with Gasteiger partial charge in [-0.1, -0.05) is 24.3 Å². The number of aromatic nitrogens is 4. The molecule has 0 atom stereocenters. The quantitative estimate of drug-likeness (QED) is 0.420. The summed E-state index contributed by atoms with van der Waals surface area (Å²) < 4.78 is 0. The first-order chi connectivity index (χ1) is 14.3. The lowest BCUT2D eigenvalue weighted by Crippen LogP contribution is -2.29. The number of anilines is 3. The van der Waals surface area contributed by atoms with E-state index in [-0.39, 0.29) is 5.91 Å². The third-order valence-corrected chi connectivity index (χ3v) is 4.15. The lowest BCUT2D eigenvalue weighted by Gasteiger charge is -2.08. The van der Waals surface area contributed by atoms with Gasteiger partial charge < -0.3 is 16.0 Å². The van der Waals surface area contributed by atoms with Crippen LogP contribution in [-0.2, 0) is 0 Å². The highest BCUT2D eigenvalue weighted by Crippen LogP contribution is 2.13. The summed E-state index contributed by atoms with van der Waals surface area (Å²) in [7, 11) is 0. The highest BCUT2D eigenvalue weighted by Gasteiger charge is 2.07. The first-order valence-electron chi connectivity index (χ1n) is 9.16. The number of benzene rings is 1. The molecule has 0 radical (unpaired) electrons. The smallest absolute Gasteiger partial charge is 0.269 e. The van der Waals surface area contributed by atoms with E-state index in [1.54, 1.807) is 18.5 Å². The maximum atomic E-state index is 12.3. The second-order valence-electron chi connectivity index (χ2n) is 6.24. The van der Waals surface area contributed by atoms with Crippen molar-refractivity contribution in [2.45, 2.75) is 0 Å². The van der Waals surface area contributed by atoms with E-state index in [1.807, 2.05) is 54.6 Å². The van der Waals surface area contributed by atoms with Gasteiger partial charge in [-0.3, -0.25) is 9.78 Å². The number of amides is 1. The standard InChI is InChI=1S/C21H19N7O/c29-21(18-8-7-15-4-1-2-6-17(15)26-18)24-13-12-23-19-9-10-20(28-27-19)25-16-5-3-11-22-14-16/h1-11,14H,12-13H2,(H,23,27)(H,24,29)(H,25,28). The molecule has 0 unspecified atom stereocenters. The monoisotopic (exact) mass is 385 g/mol. The van der Waals surface area contributed by atoms with Crippen LogP contribution in [0.25, 0.3) is 10.9 Å². The summed E-state index contributed by atoms with van der Waals surface area (Å²) in [5.41, 5.74) is 2.04. The Kier molecular flexibility index (Phi) is 5.52. The third kappa shape index (κ3) is 4.81. The molecular formula is C21H19N7O. The number of nitrogens with zero attached hydrogens (tertiary/aromatic N) is 4. The van der Waals surface area contributed by atoms with Crippen molar-refractivity contribution in [1.82, 2.24) is 25.5 Å². The number of hydrogen-bond acceptors (Lipinski definition) is 7. The van der Waals surface area contributed by atoms with Crippen LogP contribution in [0.3, 0.4) is 0 Å². The number of carbonyl (C=O) groups is 1. The van der Waals surface area contributed by atoms with Crippen molar-refractivity contribution in [2.75, 3.05) is 23.7 Å². The van der Waals surface area contributed by atoms with Crippen LogP contribution in [0.5, 0.6) is 0 Å². The fraction of sp³-hybridized carbons (Fsp3) is 0.0952. The molecule has 3 N–H and O–H groups in total. The lowest BCUT2D eigenvalue weighted by atomic mass is 10.2. The Balaban J connectivity index is 1.25. The molecule has 0 aliphatic heterocycles. The Hall–Kier alpha value is -4.07. The van der Waals surface area contributed by atoms with E-state index in [4.69, 9.17) is 0 Å². The van der Waals surface area contributed by atoms with E-state index in [0.29, 0.717) is 30.4 Å². The zero-order chi connectivity index (χ0) is 19.9. The Bertz CT molecular complexity index is 1100. The van der Waals surface area contributed by atoms with Crippen molar-refractivity contribution in [3.63, 3.8) is 0 Å². The summed E-state index contributed by atoms with van der Waals surface area (Å²) >= 11 is 0. The molecule has 3 heterocycles. The van der Waals surface area contributed by atoms with Gasteiger partial charge in [0, 0.05) is 24.7 Å². The molecule has 0 saturated heterocycles. The molecule has 0 aliphatic rings. The molecule has 0 spiro atoms. The Labute approximate surface area is 167 Å². The summed E-state index contributed by atoms with van der Waals surface area (Å²) in [5, 5.41) is 18.3. The van der Waals surface area contributed by atoms with E-state index in [0.717, 1.165) is 16.6 Å². The van der Waals surface area contributed by atoms with Crippen molar-refractivity contribution < 1.29 is 4.79 Å². The minimum Gasteiger partial charge on any atom is -0.367 e. The van der Waals surface area contributed by atoms with Crippen LogP contribution in [0.15, 0.2) is 73.1 Å². The number of nitrogens with one attached hydrogen (secondary N) is 3. The van der Waals surface area contributed by atoms with Crippen molar-refractivity contribution in [3.05, 3.63) is 78.8 Å². The van der Waals surface area contributed by atoms with Crippen molar-refractivity contribution >= 4 is 34.1 Å². The lowest BCUT2D eigenvalue weighted by molar-refractivity contribution is 0.0950. The summed E-state index contributed by atoms with van der Waals surface area (Å²) in [6.45, 7) is 0.952. The van der Waals surface area contributed by atoms with Gasteiger partial charge in [-0.2, -0.15) is 0 Å². The fourth-order valence-corrected chi connectivity index (χ4v) is 2.73. The number of rotatable bonds is 7. The predicted octanol–water partition coefficient (Wildman–Crippen LogP) is 3.01. The molecule has 8 heteroatoms. The molecule has 8 nitrogen and oxygen atoms in total. The van der Waals surface area contributed by atoms with Crippen LogP contribution < -0.4 is 16.0 Å². The van der Waals surface area contributed by atoms with E-state index < -0.39 is 0 Å². The van der Waals surface area contributed by atoms with Crippen LogP contribution in [0.1, 0.15) is 10.5 Å². The largest absolute Gasteiger partial charge is 0.367 e. The average molecular weight is 385 g/mol. The van der Waals surface area contributed by atoms with Gasteiger partial charge >= 0.3 is 0 Å². The Morgan fingerprint density at radius 3 is 2.55 bits per heavy atom. The molecule has 144 valence electrons. The van der Waals surface area contributed by atoms with Gasteiger partial charge in [0.2, 0.25) is 0 Å². The van der Waals surface area contributed by atoms with Crippen LogP contribution >= 0.6 is 0 Å². The Morgan fingerprint density at radius 1 is 0.862 bits per heavy atom. The second kappa shape index (κ2) is 8.75. The van der Waals surface area contributed by atoms with Gasteiger partial charge in [0.1, 0.15) is 11.5 Å². The van der Waals surface area contributed by atoms with Gasteiger partial charge in [0.15, 0.2) is 5.82 Å². The zero-order valence-corrected chi connectivity index (χ0v) is 15.5. The summed E-state index contributed by atoms with van der Waals surface area (Å²) in [6.07, 6.45) is 3.42. The number of para-hydroxylation sites is 1. The predicted molar refractivity (Wildman–Crippen MR) is 112 cm³/mol. The van der Waals surface area contributed by atoms with Crippen LogP contribution in [0.2, 0.25) is 0 Å². The Morgan fingerprint density at radius 2 is 1.72 bits per heavy atom. The number of carbonyl (C=O) groups excluding carboxylic acids is 1. The van der Waals surface area contributed by atoms with Crippen LogP contribution in [0.4, 0.5) is 17.3 Å². The molecule has 0 saturated carbocycles. The fourth-order valence-electron chi connectivity index (χ4n) is 2.73. The van der Waals surface area contributed by atoms with Gasteiger partial charge in [-0.25, -0.2) is 4.98 Å². The minimum atomic E-state index is -0.209. The van der Waals surface area contributed by atoms with E-state index in [9.17, 15) is 4.79 Å². The normalized spacial score (nSPS) is 10.5. The summed E-state index contributed by atoms with van der Waals surface area (Å²) in [5.74, 6) is 1.04. The first-order valence-corrected chi connectivity index (χ1v) is 9.16. The highest BCUT2D eigenvalue weighted by atomic mass is 16.1. The van der Waals surface area contributed by atoms with Crippen molar-refractivity contribution in [3.8, 4) is 0 Å². The molecule has 0 bridgehead atoms. The maximum Gasteiger partial charge on any atom is 0.269 e. The van der Waals surface area contributed by atoms with E-state index in [2.05, 4.69) is 36.1 Å². The zero-order valence-electron chi connectivity index (χ0n) is 15.5. The highest BCUT2D eigenvalue weighted by molar-refractivity contribution is 5.94. The number of fused-ring (bicyclic) bond motifs is 1. The summed E-state index contributed by atoms with van der Waals surface area (Å²) in [6, 6.07) is 18.7. The second-order valence-corrected chi connectivity index (χ2v) is 6.24. The van der Waals surface area contributed by atoms with Gasteiger partial charge in [-0.15, -0.1) is 10.2 Å². The van der Waals surface area contributed by atoms with E-state index >= 15 is 0 Å². The van der Waals surface area contributed by atoms with Crippen LogP contribution in [-0.4, -0.2) is 39.2 Å². The molecule has 1 amide bonds. The molecule has 3 aromatic heterocycles.